The Kier molecular flexibility index (Phi) is 10.7. The predicted molar refractivity (Wildman–Crippen MR) is 146 cm³/mol. The largest absolute Gasteiger partial charge is 0.394 e. The van der Waals surface area contributed by atoms with Gasteiger partial charge in [-0.1, -0.05) is 76.0 Å². The summed E-state index contributed by atoms with van der Waals surface area (Å²) in [6, 6.07) is 3.88. The van der Waals surface area contributed by atoms with Gasteiger partial charge in [-0.25, -0.2) is 0 Å². The molecule has 13 heteroatoms. The maximum Gasteiger partial charge on any atom is 0.245 e. The molecule has 0 bridgehead atoms. The summed E-state index contributed by atoms with van der Waals surface area (Å²) < 4.78 is 0. The molecule has 3 rings (SSSR count). The van der Waals surface area contributed by atoms with E-state index in [-0.39, 0.29) is 30.6 Å². The normalized spacial score (nSPS) is 31.7. The van der Waals surface area contributed by atoms with E-state index in [9.17, 15) is 29.1 Å². The van der Waals surface area contributed by atoms with Crippen LogP contribution in [-0.4, -0.2) is 86.5 Å². The number of nitrogens with zero attached hydrogens (tertiary/aromatic N) is 1. The van der Waals surface area contributed by atoms with E-state index in [1.54, 1.807) is 44.2 Å². The van der Waals surface area contributed by atoms with Crippen molar-refractivity contribution in [1.82, 2.24) is 26.2 Å². The first-order valence-electron chi connectivity index (χ1n) is 12.6. The van der Waals surface area contributed by atoms with Crippen molar-refractivity contribution in [2.45, 2.75) is 73.0 Å². The van der Waals surface area contributed by atoms with E-state index in [1.165, 1.54) is 4.90 Å². The quantitative estimate of drug-likeness (QED) is 0.292. The average molecular weight is 659 g/mol. The second-order valence-corrected chi connectivity index (χ2v) is 11.5. The summed E-state index contributed by atoms with van der Waals surface area (Å²) in [7, 11) is 0. The number of fused-ring (bicyclic) bond motifs is 1. The summed E-state index contributed by atoms with van der Waals surface area (Å²) in [6.07, 6.45) is 0.308. The molecular formula is C25H33Br2N5O6. The number of halogens is 2. The summed E-state index contributed by atoms with van der Waals surface area (Å²) in [6.45, 7) is 2.98. The number of aliphatic hydroxyl groups is 1. The second kappa shape index (κ2) is 13.5. The van der Waals surface area contributed by atoms with Gasteiger partial charge >= 0.3 is 0 Å². The van der Waals surface area contributed by atoms with E-state index >= 15 is 0 Å². The number of amides is 5. The molecule has 0 aliphatic carbocycles. The molecule has 0 unspecified atom stereocenters. The Balaban J connectivity index is 2.00. The minimum Gasteiger partial charge on any atom is -0.394 e. The summed E-state index contributed by atoms with van der Waals surface area (Å²) in [5, 5.41) is 20.5. The second-order valence-electron chi connectivity index (χ2n) is 9.31. The van der Waals surface area contributed by atoms with Crippen LogP contribution in [-0.2, 0) is 24.0 Å². The van der Waals surface area contributed by atoms with Crippen molar-refractivity contribution < 1.29 is 29.1 Å². The van der Waals surface area contributed by atoms with Crippen LogP contribution in [0, 0.1) is 0 Å². The first-order chi connectivity index (χ1) is 18.1. The molecule has 1 aromatic carbocycles. The molecule has 0 radical (unpaired) electrons. The maximum absolute atomic E-state index is 13.5. The number of carbonyl (C=O) groups is 5. The van der Waals surface area contributed by atoms with Gasteiger partial charge in [-0.3, -0.25) is 24.0 Å². The lowest BCUT2D eigenvalue weighted by molar-refractivity contribution is -0.142. The van der Waals surface area contributed by atoms with Crippen molar-refractivity contribution in [3.63, 3.8) is 0 Å². The van der Waals surface area contributed by atoms with Crippen LogP contribution in [0.4, 0.5) is 0 Å². The highest BCUT2D eigenvalue weighted by atomic mass is 79.9. The van der Waals surface area contributed by atoms with Gasteiger partial charge in [0.1, 0.15) is 24.2 Å². The number of benzene rings is 1. The molecule has 2 fully saturated rings. The first-order valence-corrected chi connectivity index (χ1v) is 14.4. The highest BCUT2D eigenvalue weighted by Crippen LogP contribution is 2.31. The highest BCUT2D eigenvalue weighted by Gasteiger charge is 2.47. The Bertz CT molecular complexity index is 1040. The number of rotatable bonds is 4. The van der Waals surface area contributed by atoms with E-state index in [1.807, 2.05) is 0 Å². The average Bonchev–Trinajstić information content (AvgIpc) is 3.21. The molecule has 2 heterocycles. The molecule has 5 amide bonds. The lowest BCUT2D eigenvalue weighted by Gasteiger charge is -2.31. The van der Waals surface area contributed by atoms with Gasteiger partial charge in [0.15, 0.2) is 0 Å². The van der Waals surface area contributed by atoms with Crippen molar-refractivity contribution in [2.75, 3.05) is 13.2 Å². The number of aliphatic hydroxyl groups excluding tert-OH is 1. The molecule has 0 spiro atoms. The van der Waals surface area contributed by atoms with Gasteiger partial charge in [0.25, 0.3) is 0 Å². The van der Waals surface area contributed by atoms with E-state index in [4.69, 9.17) is 0 Å². The third-order valence-electron chi connectivity index (χ3n) is 6.71. The molecule has 1 aromatic rings. The van der Waals surface area contributed by atoms with Crippen LogP contribution in [0.15, 0.2) is 30.3 Å². The molecule has 11 nitrogen and oxygen atoms in total. The van der Waals surface area contributed by atoms with Crippen LogP contribution in [0.25, 0.3) is 0 Å². The minimum atomic E-state index is -1.31. The fourth-order valence-electron chi connectivity index (χ4n) is 4.55. The standard InChI is InChI=1S/C25H33Br2N5O6/c1-3-15-22(35)31-18(12-33)23(36)30-17(13-8-6-5-7-9-13)10-19(34)28-16(4-2)25(38)32-11-14(26)20(27)21(32)24(37)29-15/h5-9,14-18,20-21,33H,3-4,10-12H2,1-2H3,(H,28,34)(H,29,37)(H,30,36)(H,31,35)/t14-,15-,16-,17+,18-,20+,21-/m0/s1. The van der Waals surface area contributed by atoms with Gasteiger partial charge in [0, 0.05) is 11.4 Å². The summed E-state index contributed by atoms with van der Waals surface area (Å²) in [5.41, 5.74) is 0.641. The first kappa shape index (κ1) is 30.0. The zero-order valence-corrected chi connectivity index (χ0v) is 24.3. The lowest BCUT2D eigenvalue weighted by Crippen LogP contribution is -2.60. The van der Waals surface area contributed by atoms with Crippen LogP contribution in [0.1, 0.15) is 44.7 Å². The monoisotopic (exact) mass is 657 g/mol. The fraction of sp³-hybridized carbons (Fsp3) is 0.560. The minimum absolute atomic E-state index is 0.185. The third kappa shape index (κ3) is 6.92. The van der Waals surface area contributed by atoms with Crippen molar-refractivity contribution in [2.24, 2.45) is 0 Å². The van der Waals surface area contributed by atoms with Crippen LogP contribution in [0.5, 0.6) is 0 Å². The van der Waals surface area contributed by atoms with Gasteiger partial charge in [-0.2, -0.15) is 0 Å². The van der Waals surface area contributed by atoms with Crippen molar-refractivity contribution in [3.8, 4) is 0 Å². The van der Waals surface area contributed by atoms with Crippen molar-refractivity contribution in [1.29, 1.82) is 0 Å². The van der Waals surface area contributed by atoms with Gasteiger partial charge in [0.05, 0.1) is 23.9 Å². The topological polar surface area (TPSA) is 157 Å². The summed E-state index contributed by atoms with van der Waals surface area (Å²) in [5.74, 6) is -2.79. The molecule has 0 aromatic heterocycles. The van der Waals surface area contributed by atoms with E-state index < -0.39 is 71.2 Å². The highest BCUT2D eigenvalue weighted by molar-refractivity contribution is 9.12. The smallest absolute Gasteiger partial charge is 0.245 e. The Morgan fingerprint density at radius 2 is 1.45 bits per heavy atom. The molecular weight excluding hydrogens is 626 g/mol. The van der Waals surface area contributed by atoms with Crippen LogP contribution < -0.4 is 21.3 Å². The van der Waals surface area contributed by atoms with Crippen LogP contribution in [0.3, 0.4) is 0 Å². The van der Waals surface area contributed by atoms with E-state index in [0.717, 1.165) is 0 Å². The number of nitrogens with one attached hydrogen (secondary N) is 4. The van der Waals surface area contributed by atoms with Gasteiger partial charge in [-0.15, -0.1) is 0 Å². The lowest BCUT2D eigenvalue weighted by atomic mass is 10.0. The van der Waals surface area contributed by atoms with Gasteiger partial charge in [-0.05, 0) is 18.4 Å². The van der Waals surface area contributed by atoms with Gasteiger partial charge < -0.3 is 31.3 Å². The number of hydrogen-bond donors (Lipinski definition) is 5. The molecule has 7 atom stereocenters. The van der Waals surface area contributed by atoms with Crippen LogP contribution in [0.2, 0.25) is 0 Å². The SMILES string of the molecule is CC[C@@H]1NC(=O)[C@@H]2[C@H](Br)[C@@H](Br)CN2C(=O)[C@H](CC)NC(=O)C[C@H](c2ccccc2)NC(=O)[C@H](CO)NC1=O. The molecule has 2 aliphatic heterocycles. The van der Waals surface area contributed by atoms with E-state index in [2.05, 4.69) is 53.1 Å². The Hall–Kier alpha value is -2.51. The molecule has 208 valence electrons. The Labute approximate surface area is 238 Å². The van der Waals surface area contributed by atoms with Gasteiger partial charge in [0.2, 0.25) is 29.5 Å². The van der Waals surface area contributed by atoms with Crippen molar-refractivity contribution >= 4 is 61.4 Å². The molecule has 2 saturated heterocycles. The Morgan fingerprint density at radius 1 is 0.842 bits per heavy atom. The molecule has 2 aliphatic rings. The Morgan fingerprint density at radius 3 is 2.05 bits per heavy atom. The fourth-order valence-corrected chi connectivity index (χ4v) is 5.84. The summed E-state index contributed by atoms with van der Waals surface area (Å²) >= 11 is 7.01. The van der Waals surface area contributed by atoms with Crippen molar-refractivity contribution in [3.05, 3.63) is 35.9 Å². The number of alkyl halides is 2. The summed E-state index contributed by atoms with van der Waals surface area (Å²) in [4.78, 5) is 66.8. The zero-order chi connectivity index (χ0) is 28.0. The number of hydrogen-bond acceptors (Lipinski definition) is 6. The molecule has 0 saturated carbocycles. The third-order valence-corrected chi connectivity index (χ3v) is 9.42. The predicted octanol–water partition coefficient (Wildman–Crippen LogP) is 0.252. The zero-order valence-electron chi connectivity index (χ0n) is 21.2. The molecule has 38 heavy (non-hydrogen) atoms. The maximum atomic E-state index is 13.5. The molecule has 5 N–H and O–H groups in total. The van der Waals surface area contributed by atoms with Crippen LogP contribution >= 0.6 is 31.9 Å². The number of carbonyl (C=O) groups excluding carboxylic acids is 5. The van der Waals surface area contributed by atoms with E-state index in [0.29, 0.717) is 5.56 Å².